The van der Waals surface area contributed by atoms with Crippen LogP contribution in [0.25, 0.3) is 0 Å². The molecule has 0 saturated carbocycles. The number of allylic oxidation sites excluding steroid dienone is 7. The van der Waals surface area contributed by atoms with Crippen LogP contribution in [0.15, 0.2) is 48.6 Å². The first-order valence-corrected chi connectivity index (χ1v) is 37.5. The summed E-state index contributed by atoms with van der Waals surface area (Å²) in [7, 11) is 1.51. The van der Waals surface area contributed by atoms with Crippen molar-refractivity contribution < 1.29 is 37.3 Å². The minimum Gasteiger partial charge on any atom is -0.456 e. The molecule has 0 heterocycles. The number of ether oxygens (including phenoxy) is 1. The molecule has 3 atom stereocenters. The first kappa shape index (κ1) is 81.0. The lowest BCUT2D eigenvalue weighted by molar-refractivity contribution is -0.870. The second kappa shape index (κ2) is 63.0. The molecule has 3 unspecified atom stereocenters. The average molecular weight is 1190 g/mol. The van der Waals surface area contributed by atoms with E-state index in [9.17, 15) is 19.0 Å². The number of rotatable bonds is 66. The van der Waals surface area contributed by atoms with Crippen LogP contribution in [0.4, 0.5) is 0 Å². The number of hydrogen-bond donors (Lipinski definition) is 2. The van der Waals surface area contributed by atoms with Crippen LogP contribution in [-0.2, 0) is 27.9 Å². The number of phosphoric acid groups is 1. The Morgan fingerprint density at radius 1 is 0.422 bits per heavy atom. The van der Waals surface area contributed by atoms with Crippen LogP contribution in [0, 0.1) is 0 Å². The van der Waals surface area contributed by atoms with E-state index >= 15 is 0 Å². The number of carbonyl (C=O) groups is 2. The average Bonchev–Trinajstić information content (AvgIpc) is 3.46. The van der Waals surface area contributed by atoms with Gasteiger partial charge in [0, 0.05) is 12.8 Å². The van der Waals surface area contributed by atoms with Crippen LogP contribution in [-0.4, -0.2) is 74.3 Å². The summed E-state index contributed by atoms with van der Waals surface area (Å²) >= 11 is 0. The lowest BCUT2D eigenvalue weighted by atomic mass is 10.0. The van der Waals surface area contributed by atoms with Gasteiger partial charge in [0.15, 0.2) is 0 Å². The Kier molecular flexibility index (Phi) is 61.5. The molecule has 0 spiro atoms. The normalized spacial score (nSPS) is 13.8. The molecule has 9 nitrogen and oxygen atoms in total. The number of nitrogens with zero attached hydrogens (tertiary/aromatic N) is 1. The van der Waals surface area contributed by atoms with Crippen molar-refractivity contribution in [3.8, 4) is 0 Å². The third-order valence-corrected chi connectivity index (χ3v) is 17.2. The van der Waals surface area contributed by atoms with Gasteiger partial charge in [0.05, 0.1) is 33.8 Å². The number of unbranched alkanes of at least 4 members (excludes halogenated alkanes) is 44. The smallest absolute Gasteiger partial charge is 0.456 e. The predicted molar refractivity (Wildman–Crippen MR) is 360 cm³/mol. The van der Waals surface area contributed by atoms with E-state index in [2.05, 4.69) is 62.5 Å². The van der Waals surface area contributed by atoms with E-state index in [-0.39, 0.29) is 31.5 Å². The van der Waals surface area contributed by atoms with Crippen molar-refractivity contribution in [3.05, 3.63) is 48.6 Å². The van der Waals surface area contributed by atoms with Crippen LogP contribution >= 0.6 is 7.82 Å². The van der Waals surface area contributed by atoms with E-state index in [4.69, 9.17) is 13.8 Å². The van der Waals surface area contributed by atoms with Crippen LogP contribution < -0.4 is 5.32 Å². The topological polar surface area (TPSA) is 111 Å². The summed E-state index contributed by atoms with van der Waals surface area (Å²) in [6, 6.07) is -0.849. The number of nitrogens with one attached hydrogen (secondary N) is 1. The zero-order valence-corrected chi connectivity index (χ0v) is 56.8. The number of hydrogen-bond acceptors (Lipinski definition) is 6. The summed E-state index contributed by atoms with van der Waals surface area (Å²) < 4.78 is 30.9. The highest BCUT2D eigenvalue weighted by Crippen LogP contribution is 2.43. The van der Waals surface area contributed by atoms with E-state index in [0.717, 1.165) is 64.2 Å². The molecule has 2 N–H and O–H groups in total. The number of esters is 1. The number of likely N-dealkylation sites (N-methyl/N-ethyl adjacent to an activating group) is 1. The quantitative estimate of drug-likeness (QED) is 0.0205. The fourth-order valence-corrected chi connectivity index (χ4v) is 11.4. The number of amides is 1. The lowest BCUT2D eigenvalue weighted by Crippen LogP contribution is -2.47. The van der Waals surface area contributed by atoms with Gasteiger partial charge in [-0.15, -0.1) is 0 Å². The molecule has 488 valence electrons. The summed E-state index contributed by atoms with van der Waals surface area (Å²) in [5, 5.41) is 3.08. The van der Waals surface area contributed by atoms with E-state index in [1.807, 2.05) is 33.3 Å². The number of carbonyl (C=O) groups excluding carboxylic acids is 2. The van der Waals surface area contributed by atoms with Crippen LogP contribution in [0.1, 0.15) is 355 Å². The zero-order valence-electron chi connectivity index (χ0n) is 56.0. The van der Waals surface area contributed by atoms with Gasteiger partial charge < -0.3 is 19.4 Å². The lowest BCUT2D eigenvalue weighted by Gasteiger charge is -2.27. The molecular formula is C73H140N2O7P+. The Morgan fingerprint density at radius 3 is 1.12 bits per heavy atom. The maximum atomic E-state index is 13.6. The Hall–Kier alpha value is -2.03. The van der Waals surface area contributed by atoms with Gasteiger partial charge in [-0.05, 0) is 89.5 Å². The van der Waals surface area contributed by atoms with Crippen molar-refractivity contribution in [1.29, 1.82) is 0 Å². The first-order valence-electron chi connectivity index (χ1n) is 36.0. The summed E-state index contributed by atoms with van der Waals surface area (Å²) in [6.07, 6.45) is 79.8. The summed E-state index contributed by atoms with van der Waals surface area (Å²) in [5.41, 5.74) is 0. The van der Waals surface area contributed by atoms with Crippen molar-refractivity contribution in [2.24, 2.45) is 0 Å². The maximum absolute atomic E-state index is 13.6. The van der Waals surface area contributed by atoms with Gasteiger partial charge in [0.2, 0.25) is 5.91 Å². The number of quaternary nitrogens is 1. The molecule has 0 aliphatic rings. The molecule has 0 aromatic carbocycles. The van der Waals surface area contributed by atoms with Crippen molar-refractivity contribution in [2.75, 3.05) is 40.9 Å². The fraction of sp³-hybridized carbons (Fsp3) is 0.863. The van der Waals surface area contributed by atoms with E-state index < -0.39 is 20.0 Å². The van der Waals surface area contributed by atoms with Crippen LogP contribution in [0.2, 0.25) is 0 Å². The highest BCUT2D eigenvalue weighted by Gasteiger charge is 2.30. The maximum Gasteiger partial charge on any atom is 0.472 e. The largest absolute Gasteiger partial charge is 0.472 e. The molecule has 10 heteroatoms. The Morgan fingerprint density at radius 2 is 0.735 bits per heavy atom. The predicted octanol–water partition coefficient (Wildman–Crippen LogP) is 22.8. The van der Waals surface area contributed by atoms with Gasteiger partial charge in [0.25, 0.3) is 0 Å². The highest BCUT2D eigenvalue weighted by atomic mass is 31.2. The van der Waals surface area contributed by atoms with Crippen molar-refractivity contribution >= 4 is 19.7 Å². The van der Waals surface area contributed by atoms with Crippen LogP contribution in [0.3, 0.4) is 0 Å². The first-order chi connectivity index (χ1) is 40.4. The molecule has 0 rings (SSSR count). The zero-order chi connectivity index (χ0) is 60.7. The van der Waals surface area contributed by atoms with E-state index in [1.165, 1.54) is 257 Å². The highest BCUT2D eigenvalue weighted by molar-refractivity contribution is 7.47. The molecule has 0 bridgehead atoms. The second-order valence-corrected chi connectivity index (χ2v) is 27.2. The van der Waals surface area contributed by atoms with Gasteiger partial charge in [-0.3, -0.25) is 18.6 Å². The second-order valence-electron chi connectivity index (χ2n) is 25.8. The minimum absolute atomic E-state index is 0.0410. The van der Waals surface area contributed by atoms with Crippen molar-refractivity contribution in [3.63, 3.8) is 0 Å². The summed E-state index contributed by atoms with van der Waals surface area (Å²) in [6.45, 7) is 7.04. The number of phosphoric ester groups is 1. The summed E-state index contributed by atoms with van der Waals surface area (Å²) in [5.74, 6) is -0.493. The molecule has 0 aromatic heterocycles. The van der Waals surface area contributed by atoms with Gasteiger partial charge >= 0.3 is 13.8 Å². The minimum atomic E-state index is -4.45. The summed E-state index contributed by atoms with van der Waals surface area (Å²) in [4.78, 5) is 37.9. The van der Waals surface area contributed by atoms with Crippen molar-refractivity contribution in [1.82, 2.24) is 5.32 Å². The van der Waals surface area contributed by atoms with Crippen LogP contribution in [0.5, 0.6) is 0 Å². The van der Waals surface area contributed by atoms with Gasteiger partial charge in [-0.2, -0.15) is 0 Å². The van der Waals surface area contributed by atoms with Crippen molar-refractivity contribution in [2.45, 2.75) is 367 Å². The molecule has 0 aromatic rings. The van der Waals surface area contributed by atoms with E-state index in [1.54, 1.807) is 0 Å². The molecule has 0 fully saturated rings. The Labute approximate surface area is 516 Å². The van der Waals surface area contributed by atoms with Gasteiger partial charge in [0.1, 0.15) is 19.3 Å². The SMILES string of the molecule is CCCCC/C=C\C/C=C\CCCCCCCCCCCC(=O)OC(/C=C\CCCCCCCCCCCCC)C(COP(=O)(O)OCC[N+](C)(C)C)NC(=O)CCCCCCCCCCCCCCCCC/C=C/CCCCCCCC. The Balaban J connectivity index is 5.06. The van der Waals surface area contributed by atoms with Gasteiger partial charge in [-0.1, -0.05) is 301 Å². The molecule has 0 saturated heterocycles. The third kappa shape index (κ3) is 64.3. The molecule has 0 radical (unpaired) electrons. The molecule has 1 amide bonds. The molecule has 83 heavy (non-hydrogen) atoms. The molecular weight excluding hydrogens is 1050 g/mol. The van der Waals surface area contributed by atoms with E-state index in [0.29, 0.717) is 17.4 Å². The molecule has 0 aliphatic carbocycles. The standard InChI is InChI=1S/C73H139N2O7P/c1-7-10-13-16-19-22-25-28-30-32-34-35-36-37-38-39-41-42-44-47-50-53-56-59-62-65-72(76)74-70(69-81-83(78,79)80-68-67-75(4,5)6)71(64-61-58-55-52-49-46-27-24-21-18-15-12-9-3)82-73(77)66-63-60-57-54-51-48-45-43-40-33-31-29-26-23-20-17-14-11-8-2/h20,23,28-31,61,64,70-71H,7-19,21-22,24-27,32-60,62-63,65-69H2,1-6H3,(H-,74,76,78,79)/p+1/b23-20-,30-28+,31-29-,64-61-. The monoisotopic (exact) mass is 1190 g/mol. The Bertz CT molecular complexity index is 1560. The van der Waals surface area contributed by atoms with Gasteiger partial charge in [-0.25, -0.2) is 4.57 Å². The fourth-order valence-electron chi connectivity index (χ4n) is 10.7. The third-order valence-electron chi connectivity index (χ3n) is 16.2. The molecule has 0 aliphatic heterocycles.